The van der Waals surface area contributed by atoms with Gasteiger partial charge in [0.2, 0.25) is 0 Å². The summed E-state index contributed by atoms with van der Waals surface area (Å²) in [5.74, 6) is 0.825. The zero-order valence-electron chi connectivity index (χ0n) is 61.4. The van der Waals surface area contributed by atoms with Crippen LogP contribution in [0.5, 0.6) is 0 Å². The van der Waals surface area contributed by atoms with Gasteiger partial charge >= 0.3 is 0 Å². The molecule has 3 aliphatic rings. The lowest BCUT2D eigenvalue weighted by Gasteiger charge is -2.25. The molecule has 109 heavy (non-hydrogen) atoms. The highest BCUT2D eigenvalue weighted by Gasteiger charge is 2.39. The van der Waals surface area contributed by atoms with Crippen molar-refractivity contribution in [2.45, 2.75) is 57.8 Å². The van der Waals surface area contributed by atoms with Gasteiger partial charge in [0.25, 0.3) is 0 Å². The van der Waals surface area contributed by atoms with E-state index >= 15 is 0 Å². The number of fused-ring (bicyclic) bond motifs is 20. The van der Waals surface area contributed by atoms with Gasteiger partial charge in [-0.25, -0.2) is 4.98 Å². The minimum atomic E-state index is -0.0490. The molecule has 0 aliphatic heterocycles. The van der Waals surface area contributed by atoms with E-state index in [4.69, 9.17) is 9.40 Å². The summed E-state index contributed by atoms with van der Waals surface area (Å²) in [5, 5.41) is 21.5. The van der Waals surface area contributed by atoms with Gasteiger partial charge in [-0.1, -0.05) is 290 Å². The average molecular weight is 1440 g/mol. The lowest BCUT2D eigenvalue weighted by molar-refractivity contribution is 0.660. The van der Waals surface area contributed by atoms with Crippen molar-refractivity contribution < 1.29 is 4.42 Å². The number of nitrogens with one attached hydrogen (secondary N) is 3. The number of nitrogens with zero attached hydrogens (tertiary/aromatic N) is 1. The van der Waals surface area contributed by atoms with Crippen LogP contribution in [0.25, 0.3) is 140 Å². The number of rotatable bonds is 9. The van der Waals surface area contributed by atoms with Crippen LogP contribution < -0.4 is 16.0 Å². The summed E-state index contributed by atoms with van der Waals surface area (Å²) in [7, 11) is 0. The predicted molar refractivity (Wildman–Crippen MR) is 466 cm³/mol. The molecule has 0 unspecified atom stereocenters. The van der Waals surface area contributed by atoms with Crippen LogP contribution in [0, 0.1) is 0 Å². The number of hydrogen-bond acceptors (Lipinski definition) is 7. The van der Waals surface area contributed by atoms with E-state index in [1.54, 1.807) is 0 Å². The Balaban J connectivity index is 0.000000108. The minimum absolute atomic E-state index is 0.0209. The average Bonchev–Trinajstić information content (AvgIpc) is 1.58. The van der Waals surface area contributed by atoms with Crippen molar-refractivity contribution in [3.63, 3.8) is 0 Å². The number of para-hydroxylation sites is 2. The quantitative estimate of drug-likeness (QED) is 0.134. The first-order valence-corrected chi connectivity index (χ1v) is 39.3. The molecule has 522 valence electrons. The van der Waals surface area contributed by atoms with Crippen molar-refractivity contribution in [1.29, 1.82) is 0 Å². The lowest BCUT2D eigenvalue weighted by atomic mass is 9.81. The highest BCUT2D eigenvalue weighted by molar-refractivity contribution is 7.27. The topological polar surface area (TPSA) is 62.1 Å². The summed E-state index contributed by atoms with van der Waals surface area (Å²) < 4.78 is 11.4. The predicted octanol–water partition coefficient (Wildman–Crippen LogP) is 29.4. The molecule has 4 aromatic heterocycles. The Kier molecular flexibility index (Phi) is 15.6. The zero-order valence-corrected chi connectivity index (χ0v) is 63.1. The summed E-state index contributed by atoms with van der Waals surface area (Å²) in [4.78, 5) is 4.75. The minimum Gasteiger partial charge on any atom is -0.456 e. The molecule has 15 aromatic carbocycles. The first-order chi connectivity index (χ1) is 53.3. The maximum atomic E-state index is 6.06. The van der Waals surface area contributed by atoms with Gasteiger partial charge in [-0.3, -0.25) is 0 Å². The summed E-state index contributed by atoms with van der Waals surface area (Å²) in [6, 6.07) is 118. The summed E-state index contributed by atoms with van der Waals surface area (Å²) in [6.45, 7) is 14.0. The third-order valence-corrected chi connectivity index (χ3v) is 25.6. The Morgan fingerprint density at radius 2 is 0.817 bits per heavy atom. The van der Waals surface area contributed by atoms with Gasteiger partial charge in [0.1, 0.15) is 17.0 Å². The number of furan rings is 1. The molecule has 0 bridgehead atoms. The molecule has 0 amide bonds. The molecule has 3 aliphatic carbocycles. The molecular formula is C102H76N4OS2. The summed E-state index contributed by atoms with van der Waals surface area (Å²) in [6.07, 6.45) is 1.94. The number of aromatic nitrogens is 1. The van der Waals surface area contributed by atoms with Crippen LogP contribution in [-0.4, -0.2) is 4.98 Å². The SMILES string of the molecule is CC1(C)c2ccccc2-c2ccc(Nc3c(-c4ccccc4)cccc3-c3cccc4sc5ccccc5c34)cc21.CC1(C)c2ccccc2-c2ccc(Nc3ccc(-c4cccc5oc6ccccc6c45)cn3)cc21.CC1(C)c2ccccc2-c2cccc(Nc3cccc4sc5c6ccccc6ccc5c34)c21. The molecule has 19 aromatic rings. The fourth-order valence-electron chi connectivity index (χ4n) is 18.0. The molecule has 0 saturated carbocycles. The van der Waals surface area contributed by atoms with E-state index in [2.05, 4.69) is 355 Å². The van der Waals surface area contributed by atoms with Gasteiger partial charge in [-0.2, -0.15) is 0 Å². The van der Waals surface area contributed by atoms with Gasteiger partial charge < -0.3 is 20.4 Å². The van der Waals surface area contributed by atoms with Crippen LogP contribution in [0.15, 0.2) is 338 Å². The van der Waals surface area contributed by atoms with E-state index in [9.17, 15) is 0 Å². The standard InChI is InChI=1S/C39H29NS.C32H24N2O.C31H23NS/c1-39(2)33-19-8-6-14-28(33)29-23-22-26(24-34(29)39)40-38-27(25-12-4-3-5-13-25)16-10-18-31(38)30-17-11-21-36-37(30)32-15-7-9-20-35(32)41-36;1-32(2)26-11-5-3-8-23(26)24-16-15-21(18-27(24)32)34-30-17-14-20(19-33-30)22-10-7-13-29-31(22)25-9-4-6-12-28(25)35-29;1-31(2)24-13-6-5-11-21(24)22-12-7-15-26(29(22)31)32-25-14-8-16-27-28(25)23-18-17-19-9-3-4-10-20(19)30(23)33-27/h3-24,40H,1-2H3;3-19H,1-2H3,(H,33,34);3-18,32H,1-2H3. The van der Waals surface area contributed by atoms with E-state index < -0.39 is 0 Å². The normalized spacial score (nSPS) is 13.6. The third kappa shape index (κ3) is 10.9. The molecule has 0 radical (unpaired) electrons. The molecular weight excluding hydrogens is 1360 g/mol. The second kappa shape index (κ2) is 25.8. The van der Waals surface area contributed by atoms with E-state index in [0.29, 0.717) is 0 Å². The van der Waals surface area contributed by atoms with Crippen LogP contribution in [-0.2, 0) is 16.2 Å². The van der Waals surface area contributed by atoms with Crippen molar-refractivity contribution in [2.24, 2.45) is 0 Å². The molecule has 0 spiro atoms. The van der Waals surface area contributed by atoms with Crippen molar-refractivity contribution in [2.75, 3.05) is 16.0 Å². The van der Waals surface area contributed by atoms with E-state index in [1.165, 1.54) is 152 Å². The molecule has 3 N–H and O–H groups in total. The monoisotopic (exact) mass is 1440 g/mol. The lowest BCUT2D eigenvalue weighted by Crippen LogP contribution is -2.16. The smallest absolute Gasteiger partial charge is 0.136 e. The third-order valence-electron chi connectivity index (χ3n) is 23.3. The van der Waals surface area contributed by atoms with Crippen LogP contribution in [0.3, 0.4) is 0 Å². The molecule has 7 heteroatoms. The summed E-state index contributed by atoms with van der Waals surface area (Å²) >= 11 is 3.76. The second-order valence-electron chi connectivity index (χ2n) is 30.7. The van der Waals surface area contributed by atoms with Crippen molar-refractivity contribution in [3.05, 3.63) is 367 Å². The van der Waals surface area contributed by atoms with Gasteiger partial charge in [0.05, 0.1) is 5.69 Å². The van der Waals surface area contributed by atoms with E-state index in [-0.39, 0.29) is 16.2 Å². The van der Waals surface area contributed by atoms with Gasteiger partial charge in [0.15, 0.2) is 0 Å². The van der Waals surface area contributed by atoms with Crippen molar-refractivity contribution in [1.82, 2.24) is 4.98 Å². The van der Waals surface area contributed by atoms with Crippen LogP contribution in [0.4, 0.5) is 34.3 Å². The molecule has 0 atom stereocenters. The largest absolute Gasteiger partial charge is 0.456 e. The maximum absolute atomic E-state index is 6.06. The highest BCUT2D eigenvalue weighted by atomic mass is 32.1. The Labute approximate surface area is 642 Å². The molecule has 5 nitrogen and oxygen atoms in total. The number of pyridine rings is 1. The fourth-order valence-corrected chi connectivity index (χ4v) is 20.4. The second-order valence-corrected chi connectivity index (χ2v) is 32.8. The Morgan fingerprint density at radius 3 is 1.55 bits per heavy atom. The van der Waals surface area contributed by atoms with Crippen molar-refractivity contribution >= 4 is 130 Å². The number of benzene rings is 15. The zero-order chi connectivity index (χ0) is 73.3. The molecule has 4 heterocycles. The van der Waals surface area contributed by atoms with Crippen molar-refractivity contribution in [3.8, 4) is 66.8 Å². The number of thiophene rings is 2. The Hall–Kier alpha value is -12.7. The van der Waals surface area contributed by atoms with E-state index in [0.717, 1.165) is 55.9 Å². The molecule has 0 fully saturated rings. The van der Waals surface area contributed by atoms with Crippen LogP contribution in [0.1, 0.15) is 74.9 Å². The Morgan fingerprint density at radius 1 is 0.294 bits per heavy atom. The molecule has 0 saturated heterocycles. The van der Waals surface area contributed by atoms with Gasteiger partial charge in [-0.15, -0.1) is 22.7 Å². The maximum Gasteiger partial charge on any atom is 0.136 e. The first kappa shape index (κ1) is 65.8. The van der Waals surface area contributed by atoms with Gasteiger partial charge in [-0.05, 0) is 173 Å². The van der Waals surface area contributed by atoms with E-state index in [1.807, 2.05) is 59.2 Å². The molecule has 22 rings (SSSR count). The number of hydrogen-bond donors (Lipinski definition) is 3. The van der Waals surface area contributed by atoms with Crippen LogP contribution in [0.2, 0.25) is 0 Å². The highest BCUT2D eigenvalue weighted by Crippen LogP contribution is 2.55. The summed E-state index contributed by atoms with van der Waals surface area (Å²) in [5.41, 5.74) is 30.7. The Bertz CT molecular complexity index is 6870. The van der Waals surface area contributed by atoms with Gasteiger partial charge in [0, 0.05) is 113 Å². The fraction of sp³-hybridized carbons (Fsp3) is 0.0882. The first-order valence-electron chi connectivity index (χ1n) is 37.6. The number of anilines is 6. The van der Waals surface area contributed by atoms with Crippen LogP contribution >= 0.6 is 22.7 Å².